The molecule has 0 aromatic carbocycles. The molecule has 4 heterocycles. The van der Waals surface area contributed by atoms with Gasteiger partial charge >= 0.3 is 0 Å². The summed E-state index contributed by atoms with van der Waals surface area (Å²) in [6.45, 7) is 11.7. The minimum absolute atomic E-state index is 0.169. The SMILES string of the molecule is CCCn1nc(C(=O)N2CCCCC2)c2c1CCN(CCN1CCCC1)C2. The quantitative estimate of drug-likeness (QED) is 0.768. The Bertz CT molecular complexity index is 643. The number of carbonyl (C=O) groups excluding carboxylic acids is 1. The molecule has 1 aromatic rings. The number of hydrogen-bond donors (Lipinski definition) is 0. The van der Waals surface area contributed by atoms with Crippen LogP contribution in [0, 0.1) is 0 Å². The molecular formula is C21H35N5O. The highest BCUT2D eigenvalue weighted by atomic mass is 16.2. The van der Waals surface area contributed by atoms with Crippen LogP contribution in [0.5, 0.6) is 0 Å². The molecule has 1 aromatic heterocycles. The van der Waals surface area contributed by atoms with Crippen LogP contribution in [0.2, 0.25) is 0 Å². The minimum atomic E-state index is 0.169. The van der Waals surface area contributed by atoms with Gasteiger partial charge < -0.3 is 9.80 Å². The Morgan fingerprint density at radius 1 is 0.889 bits per heavy atom. The molecule has 150 valence electrons. The molecule has 27 heavy (non-hydrogen) atoms. The van der Waals surface area contributed by atoms with Gasteiger partial charge in [-0.1, -0.05) is 6.92 Å². The molecule has 0 spiro atoms. The fourth-order valence-corrected chi connectivity index (χ4v) is 4.84. The van der Waals surface area contributed by atoms with E-state index in [1.54, 1.807) is 0 Å². The Morgan fingerprint density at radius 3 is 2.33 bits per heavy atom. The number of amides is 1. The first kappa shape index (κ1) is 18.9. The van der Waals surface area contributed by atoms with E-state index in [1.807, 2.05) is 4.90 Å². The van der Waals surface area contributed by atoms with Crippen molar-refractivity contribution in [1.29, 1.82) is 0 Å². The summed E-state index contributed by atoms with van der Waals surface area (Å²) in [5.41, 5.74) is 3.27. The van der Waals surface area contributed by atoms with Gasteiger partial charge in [0.2, 0.25) is 0 Å². The van der Waals surface area contributed by atoms with Gasteiger partial charge in [-0.15, -0.1) is 0 Å². The Hall–Kier alpha value is -1.40. The Morgan fingerprint density at radius 2 is 1.59 bits per heavy atom. The molecule has 3 aliphatic rings. The van der Waals surface area contributed by atoms with E-state index in [9.17, 15) is 4.79 Å². The third kappa shape index (κ3) is 4.21. The van der Waals surface area contributed by atoms with Crippen molar-refractivity contribution in [2.45, 2.75) is 65.0 Å². The maximum atomic E-state index is 13.2. The number of aryl methyl sites for hydroxylation is 1. The van der Waals surface area contributed by atoms with Gasteiger partial charge in [-0.05, 0) is 51.6 Å². The number of carbonyl (C=O) groups is 1. The Labute approximate surface area is 163 Å². The summed E-state index contributed by atoms with van der Waals surface area (Å²) in [5, 5.41) is 4.82. The van der Waals surface area contributed by atoms with E-state index in [1.165, 1.54) is 43.6 Å². The zero-order chi connectivity index (χ0) is 18.6. The van der Waals surface area contributed by atoms with Gasteiger partial charge in [-0.25, -0.2) is 0 Å². The third-order valence-corrected chi connectivity index (χ3v) is 6.43. The van der Waals surface area contributed by atoms with E-state index >= 15 is 0 Å². The second-order valence-corrected chi connectivity index (χ2v) is 8.42. The number of hydrogen-bond acceptors (Lipinski definition) is 4. The molecule has 1 amide bonds. The van der Waals surface area contributed by atoms with Crippen molar-refractivity contribution >= 4 is 5.91 Å². The summed E-state index contributed by atoms with van der Waals surface area (Å²) in [4.78, 5) is 20.3. The van der Waals surface area contributed by atoms with Crippen LogP contribution in [0.1, 0.15) is 67.2 Å². The number of likely N-dealkylation sites (tertiary alicyclic amines) is 2. The zero-order valence-electron chi connectivity index (χ0n) is 17.0. The monoisotopic (exact) mass is 373 g/mol. The Kier molecular flexibility index (Phi) is 6.13. The largest absolute Gasteiger partial charge is 0.337 e. The highest BCUT2D eigenvalue weighted by Gasteiger charge is 2.30. The zero-order valence-corrected chi connectivity index (χ0v) is 17.0. The molecule has 6 heteroatoms. The molecule has 0 N–H and O–H groups in total. The predicted molar refractivity (Wildman–Crippen MR) is 107 cm³/mol. The molecule has 0 radical (unpaired) electrons. The lowest BCUT2D eigenvalue weighted by Gasteiger charge is -2.30. The lowest BCUT2D eigenvalue weighted by atomic mass is 10.0. The smallest absolute Gasteiger partial charge is 0.274 e. The van der Waals surface area contributed by atoms with Gasteiger partial charge in [0.15, 0.2) is 5.69 Å². The number of rotatable bonds is 6. The maximum absolute atomic E-state index is 13.2. The van der Waals surface area contributed by atoms with E-state index in [4.69, 9.17) is 5.10 Å². The molecule has 0 atom stereocenters. The third-order valence-electron chi connectivity index (χ3n) is 6.43. The van der Waals surface area contributed by atoms with Gasteiger partial charge in [-0.3, -0.25) is 14.4 Å². The Balaban J connectivity index is 1.49. The van der Waals surface area contributed by atoms with Crippen LogP contribution in [-0.4, -0.2) is 76.2 Å². The molecular weight excluding hydrogens is 338 g/mol. The average Bonchev–Trinajstić information content (AvgIpc) is 3.35. The fraction of sp³-hybridized carbons (Fsp3) is 0.810. The minimum Gasteiger partial charge on any atom is -0.337 e. The first-order valence-corrected chi connectivity index (χ1v) is 11.1. The predicted octanol–water partition coefficient (Wildman–Crippen LogP) is 2.37. The van der Waals surface area contributed by atoms with Crippen molar-refractivity contribution in [1.82, 2.24) is 24.5 Å². The van der Waals surface area contributed by atoms with Crippen molar-refractivity contribution in [3.63, 3.8) is 0 Å². The first-order chi connectivity index (χ1) is 13.3. The van der Waals surface area contributed by atoms with E-state index in [-0.39, 0.29) is 5.91 Å². The summed E-state index contributed by atoms with van der Waals surface area (Å²) >= 11 is 0. The van der Waals surface area contributed by atoms with Crippen LogP contribution in [0.4, 0.5) is 0 Å². The van der Waals surface area contributed by atoms with Crippen LogP contribution in [0.15, 0.2) is 0 Å². The van der Waals surface area contributed by atoms with Crippen molar-refractivity contribution < 1.29 is 4.79 Å². The molecule has 6 nitrogen and oxygen atoms in total. The first-order valence-electron chi connectivity index (χ1n) is 11.1. The summed E-state index contributed by atoms with van der Waals surface area (Å²) in [6.07, 6.45) is 8.29. The summed E-state index contributed by atoms with van der Waals surface area (Å²) < 4.78 is 2.13. The fourth-order valence-electron chi connectivity index (χ4n) is 4.84. The standard InChI is InChI=1S/C21H35N5O/c1-2-9-26-19-8-14-24(16-15-23-10-6-7-11-23)17-18(19)20(22-26)21(27)25-12-4-3-5-13-25/h2-17H2,1H3. The average molecular weight is 374 g/mol. The van der Waals surface area contributed by atoms with Gasteiger partial charge in [-0.2, -0.15) is 5.10 Å². The molecule has 0 aliphatic carbocycles. The molecule has 0 unspecified atom stereocenters. The topological polar surface area (TPSA) is 44.6 Å². The summed E-state index contributed by atoms with van der Waals surface area (Å²) in [5.74, 6) is 0.169. The molecule has 2 saturated heterocycles. The van der Waals surface area contributed by atoms with Crippen LogP contribution >= 0.6 is 0 Å². The van der Waals surface area contributed by atoms with Crippen molar-refractivity contribution in [2.75, 3.05) is 45.8 Å². The molecule has 3 aliphatic heterocycles. The number of aromatic nitrogens is 2. The van der Waals surface area contributed by atoms with Gasteiger partial charge in [0.1, 0.15) is 0 Å². The number of fused-ring (bicyclic) bond motifs is 1. The lowest BCUT2D eigenvalue weighted by Crippen LogP contribution is -2.39. The normalized spacial score (nSPS) is 21.6. The van der Waals surface area contributed by atoms with E-state index in [0.29, 0.717) is 0 Å². The summed E-state index contributed by atoms with van der Waals surface area (Å²) in [7, 11) is 0. The van der Waals surface area contributed by atoms with Crippen molar-refractivity contribution in [3.8, 4) is 0 Å². The van der Waals surface area contributed by atoms with Crippen LogP contribution in [-0.2, 0) is 19.5 Å². The highest BCUT2D eigenvalue weighted by molar-refractivity contribution is 5.94. The molecule has 4 rings (SSSR count). The van der Waals surface area contributed by atoms with Gasteiger partial charge in [0.05, 0.1) is 0 Å². The van der Waals surface area contributed by atoms with E-state index < -0.39 is 0 Å². The second kappa shape index (κ2) is 8.74. The lowest BCUT2D eigenvalue weighted by molar-refractivity contribution is 0.0714. The van der Waals surface area contributed by atoms with Crippen molar-refractivity contribution in [2.24, 2.45) is 0 Å². The molecule has 2 fully saturated rings. The van der Waals surface area contributed by atoms with E-state index in [0.717, 1.165) is 77.2 Å². The highest BCUT2D eigenvalue weighted by Crippen LogP contribution is 2.25. The van der Waals surface area contributed by atoms with Crippen LogP contribution in [0.3, 0.4) is 0 Å². The van der Waals surface area contributed by atoms with Crippen molar-refractivity contribution in [3.05, 3.63) is 17.0 Å². The maximum Gasteiger partial charge on any atom is 0.274 e. The number of piperidine rings is 1. The molecule has 0 saturated carbocycles. The number of nitrogens with zero attached hydrogens (tertiary/aromatic N) is 5. The van der Waals surface area contributed by atoms with E-state index in [2.05, 4.69) is 21.4 Å². The molecule has 0 bridgehead atoms. The van der Waals surface area contributed by atoms with Crippen LogP contribution in [0.25, 0.3) is 0 Å². The second-order valence-electron chi connectivity index (χ2n) is 8.42. The summed E-state index contributed by atoms with van der Waals surface area (Å²) in [6, 6.07) is 0. The van der Waals surface area contributed by atoms with Crippen LogP contribution < -0.4 is 0 Å². The van der Waals surface area contributed by atoms with Gasteiger partial charge in [0, 0.05) is 63.5 Å². The van der Waals surface area contributed by atoms with Gasteiger partial charge in [0.25, 0.3) is 5.91 Å².